The molecule has 2 unspecified atom stereocenters. The second-order valence-corrected chi connectivity index (χ2v) is 5.86. The molecule has 0 spiro atoms. The molecule has 1 aromatic carbocycles. The van der Waals surface area contributed by atoms with Gasteiger partial charge in [0.1, 0.15) is 0 Å². The van der Waals surface area contributed by atoms with Crippen LogP contribution in [0.3, 0.4) is 0 Å². The number of aryl methyl sites for hydroxylation is 1. The highest BCUT2D eigenvalue weighted by atomic mass is 16.4. The largest absolute Gasteiger partial charge is 0.550 e. The number of carbonyl (C=O) groups excluding carboxylic acids is 2. The van der Waals surface area contributed by atoms with Crippen molar-refractivity contribution in [2.24, 2.45) is 11.8 Å². The van der Waals surface area contributed by atoms with E-state index in [4.69, 9.17) is 0 Å². The molecule has 1 aromatic rings. The summed E-state index contributed by atoms with van der Waals surface area (Å²) in [6.45, 7) is 5.81. The van der Waals surface area contributed by atoms with Crippen LogP contribution in [0.15, 0.2) is 35.4 Å². The number of anilines is 1. The molecular formula is C17H20NO3-. The number of carbonyl (C=O) groups is 2. The van der Waals surface area contributed by atoms with Crippen LogP contribution < -0.4 is 10.4 Å². The standard InChI is InChI=1S/C17H21NO3/c1-10-5-4-6-13(7-10)18-16(19)14-8-11(2)12(3)9-15(14)17(20)21/h4-7,14-15H,8-9H2,1-3H3,(H,18,19)(H,20,21)/p-1. The molecule has 1 amide bonds. The number of rotatable bonds is 3. The molecule has 1 aliphatic carbocycles. The van der Waals surface area contributed by atoms with Gasteiger partial charge in [0.15, 0.2) is 0 Å². The molecule has 4 nitrogen and oxygen atoms in total. The molecular weight excluding hydrogens is 266 g/mol. The SMILES string of the molecule is CC1=C(C)CC(C(=O)Nc2cccc(C)c2)C(C(=O)[O-])C1. The number of carboxylic acids is 1. The van der Waals surface area contributed by atoms with Crippen molar-refractivity contribution in [2.75, 3.05) is 5.32 Å². The normalized spacial score (nSPS) is 22.0. The van der Waals surface area contributed by atoms with Crippen molar-refractivity contribution in [3.8, 4) is 0 Å². The van der Waals surface area contributed by atoms with Gasteiger partial charge in [0.2, 0.25) is 5.91 Å². The third kappa shape index (κ3) is 3.51. The number of benzene rings is 1. The first-order chi connectivity index (χ1) is 9.88. The predicted octanol–water partition coefficient (Wildman–Crippen LogP) is 2.05. The Bertz CT molecular complexity index is 604. The van der Waals surface area contributed by atoms with Gasteiger partial charge in [0, 0.05) is 17.6 Å². The van der Waals surface area contributed by atoms with Crippen molar-refractivity contribution in [3.63, 3.8) is 0 Å². The van der Waals surface area contributed by atoms with Gasteiger partial charge in [0.05, 0.1) is 5.92 Å². The molecule has 0 heterocycles. The Hall–Kier alpha value is -2.10. The van der Waals surface area contributed by atoms with Gasteiger partial charge in [0.25, 0.3) is 0 Å². The average Bonchev–Trinajstić information content (AvgIpc) is 2.41. The Morgan fingerprint density at radius 3 is 2.29 bits per heavy atom. The number of allylic oxidation sites excluding steroid dienone is 2. The topological polar surface area (TPSA) is 69.2 Å². The zero-order chi connectivity index (χ0) is 15.6. The molecule has 0 saturated carbocycles. The second-order valence-electron chi connectivity index (χ2n) is 5.86. The minimum Gasteiger partial charge on any atom is -0.550 e. The molecule has 4 heteroatoms. The molecule has 112 valence electrons. The monoisotopic (exact) mass is 286 g/mol. The molecule has 1 N–H and O–H groups in total. The van der Waals surface area contributed by atoms with Gasteiger partial charge in [-0.2, -0.15) is 0 Å². The summed E-state index contributed by atoms with van der Waals surface area (Å²) in [5, 5.41) is 14.1. The molecule has 1 aliphatic rings. The Morgan fingerprint density at radius 1 is 1.10 bits per heavy atom. The number of carboxylic acid groups (broad SMARTS) is 1. The summed E-state index contributed by atoms with van der Waals surface area (Å²) >= 11 is 0. The van der Waals surface area contributed by atoms with Crippen molar-refractivity contribution in [2.45, 2.75) is 33.6 Å². The number of amides is 1. The summed E-state index contributed by atoms with van der Waals surface area (Å²) in [6, 6.07) is 7.46. The van der Waals surface area contributed by atoms with Crippen LogP contribution in [0.25, 0.3) is 0 Å². The Kier molecular flexibility index (Phi) is 4.46. The molecule has 0 aromatic heterocycles. The first-order valence-electron chi connectivity index (χ1n) is 7.12. The molecule has 0 fully saturated rings. The fourth-order valence-electron chi connectivity index (χ4n) is 2.77. The van der Waals surface area contributed by atoms with Gasteiger partial charge in [-0.3, -0.25) is 4.79 Å². The van der Waals surface area contributed by atoms with E-state index in [1.54, 1.807) is 6.07 Å². The molecule has 0 radical (unpaired) electrons. The van der Waals surface area contributed by atoms with Gasteiger partial charge < -0.3 is 15.2 Å². The van der Waals surface area contributed by atoms with E-state index in [2.05, 4.69) is 5.32 Å². The summed E-state index contributed by atoms with van der Waals surface area (Å²) in [5.74, 6) is -2.72. The fraction of sp³-hybridized carbons (Fsp3) is 0.412. The van der Waals surface area contributed by atoms with Crippen molar-refractivity contribution in [1.82, 2.24) is 0 Å². The van der Waals surface area contributed by atoms with Crippen molar-refractivity contribution >= 4 is 17.6 Å². The van der Waals surface area contributed by atoms with E-state index in [-0.39, 0.29) is 5.91 Å². The second kappa shape index (κ2) is 6.12. The summed E-state index contributed by atoms with van der Waals surface area (Å²) in [6.07, 6.45) is 0.863. The van der Waals surface area contributed by atoms with E-state index < -0.39 is 17.8 Å². The van der Waals surface area contributed by atoms with Gasteiger partial charge in [-0.25, -0.2) is 0 Å². The lowest BCUT2D eigenvalue weighted by molar-refractivity contribution is -0.313. The highest BCUT2D eigenvalue weighted by molar-refractivity contribution is 5.95. The van der Waals surface area contributed by atoms with Crippen molar-refractivity contribution in [3.05, 3.63) is 41.0 Å². The molecule has 2 atom stereocenters. The average molecular weight is 286 g/mol. The van der Waals surface area contributed by atoms with E-state index in [0.717, 1.165) is 16.7 Å². The highest BCUT2D eigenvalue weighted by Gasteiger charge is 2.33. The zero-order valence-electron chi connectivity index (χ0n) is 12.6. The lowest BCUT2D eigenvalue weighted by Crippen LogP contribution is -2.42. The van der Waals surface area contributed by atoms with Crippen LogP contribution in [0, 0.1) is 18.8 Å². The van der Waals surface area contributed by atoms with Crippen LogP contribution >= 0.6 is 0 Å². The first kappa shape index (κ1) is 15.3. The maximum absolute atomic E-state index is 12.4. The lowest BCUT2D eigenvalue weighted by Gasteiger charge is -2.32. The quantitative estimate of drug-likeness (QED) is 0.865. The van der Waals surface area contributed by atoms with Crippen LogP contribution in [-0.4, -0.2) is 11.9 Å². The number of hydrogen-bond donors (Lipinski definition) is 1. The van der Waals surface area contributed by atoms with Gasteiger partial charge in [-0.1, -0.05) is 23.3 Å². The fourth-order valence-corrected chi connectivity index (χ4v) is 2.77. The number of nitrogens with one attached hydrogen (secondary N) is 1. The van der Waals surface area contributed by atoms with E-state index in [0.29, 0.717) is 18.5 Å². The summed E-state index contributed by atoms with van der Waals surface area (Å²) in [5.41, 5.74) is 3.88. The Balaban J connectivity index is 2.18. The van der Waals surface area contributed by atoms with Crippen LogP contribution in [0.4, 0.5) is 5.69 Å². The summed E-state index contributed by atoms with van der Waals surface area (Å²) in [4.78, 5) is 23.7. The summed E-state index contributed by atoms with van der Waals surface area (Å²) in [7, 11) is 0. The van der Waals surface area contributed by atoms with Gasteiger partial charge in [-0.05, 0) is 51.3 Å². The summed E-state index contributed by atoms with van der Waals surface area (Å²) < 4.78 is 0. The number of aliphatic carboxylic acids is 1. The lowest BCUT2D eigenvalue weighted by atomic mass is 9.76. The first-order valence-corrected chi connectivity index (χ1v) is 7.12. The third-order valence-electron chi connectivity index (χ3n) is 4.19. The third-order valence-corrected chi connectivity index (χ3v) is 4.19. The van der Waals surface area contributed by atoms with Crippen molar-refractivity contribution in [1.29, 1.82) is 0 Å². The van der Waals surface area contributed by atoms with E-state index >= 15 is 0 Å². The predicted molar refractivity (Wildman–Crippen MR) is 79.4 cm³/mol. The van der Waals surface area contributed by atoms with Crippen LogP contribution in [0.5, 0.6) is 0 Å². The van der Waals surface area contributed by atoms with Crippen LogP contribution in [0.1, 0.15) is 32.3 Å². The minimum atomic E-state index is -1.15. The van der Waals surface area contributed by atoms with E-state index in [1.807, 2.05) is 39.0 Å². The zero-order valence-corrected chi connectivity index (χ0v) is 12.6. The maximum Gasteiger partial charge on any atom is 0.228 e. The maximum atomic E-state index is 12.4. The molecule has 0 bridgehead atoms. The van der Waals surface area contributed by atoms with Crippen LogP contribution in [0.2, 0.25) is 0 Å². The molecule has 2 rings (SSSR count). The van der Waals surface area contributed by atoms with E-state index in [9.17, 15) is 14.7 Å². The van der Waals surface area contributed by atoms with Crippen molar-refractivity contribution < 1.29 is 14.7 Å². The van der Waals surface area contributed by atoms with Gasteiger partial charge >= 0.3 is 0 Å². The molecule has 0 saturated heterocycles. The number of hydrogen-bond acceptors (Lipinski definition) is 3. The van der Waals surface area contributed by atoms with Gasteiger partial charge in [-0.15, -0.1) is 0 Å². The Morgan fingerprint density at radius 2 is 1.71 bits per heavy atom. The molecule has 21 heavy (non-hydrogen) atoms. The Labute approximate surface area is 124 Å². The minimum absolute atomic E-state index is 0.248. The van der Waals surface area contributed by atoms with E-state index in [1.165, 1.54) is 0 Å². The highest BCUT2D eigenvalue weighted by Crippen LogP contribution is 2.34. The van der Waals surface area contributed by atoms with Crippen LogP contribution in [-0.2, 0) is 9.59 Å². The molecule has 0 aliphatic heterocycles. The smallest absolute Gasteiger partial charge is 0.228 e.